The van der Waals surface area contributed by atoms with Crippen molar-refractivity contribution in [2.24, 2.45) is 5.73 Å². The third-order valence-corrected chi connectivity index (χ3v) is 3.69. The highest BCUT2D eigenvalue weighted by Gasteiger charge is 2.35. The molecule has 0 aliphatic heterocycles. The van der Waals surface area contributed by atoms with Crippen molar-refractivity contribution in [1.82, 2.24) is 0 Å². The van der Waals surface area contributed by atoms with E-state index in [1.165, 1.54) is 49.6 Å². The summed E-state index contributed by atoms with van der Waals surface area (Å²) < 4.78 is 46.1. The molecule has 4 nitrogen and oxygen atoms in total. The minimum Gasteiger partial charge on any atom is -0.497 e. The van der Waals surface area contributed by atoms with Crippen molar-refractivity contribution in [1.29, 1.82) is 5.26 Å². The largest absolute Gasteiger partial charge is 0.497 e. The van der Waals surface area contributed by atoms with E-state index in [1.807, 2.05) is 0 Å². The highest BCUT2D eigenvalue weighted by atomic mass is 19.4. The Bertz CT molecular complexity index is 940. The quantitative estimate of drug-likeness (QED) is 0.488. The monoisotopic (exact) mass is 372 g/mol. The van der Waals surface area contributed by atoms with E-state index in [0.29, 0.717) is 5.75 Å². The average molecular weight is 372 g/mol. The number of nitriles is 1. The third kappa shape index (κ3) is 4.76. The van der Waals surface area contributed by atoms with Crippen LogP contribution in [0.3, 0.4) is 0 Å². The summed E-state index contributed by atoms with van der Waals surface area (Å²) >= 11 is 0. The molecule has 0 aliphatic rings. The van der Waals surface area contributed by atoms with Crippen molar-refractivity contribution in [3.05, 3.63) is 77.4 Å². The average Bonchev–Trinajstić information content (AvgIpc) is 2.64. The summed E-state index contributed by atoms with van der Waals surface area (Å²) in [6.45, 7) is 0. The maximum Gasteiger partial charge on any atom is 0.417 e. The van der Waals surface area contributed by atoms with Crippen LogP contribution in [0.4, 0.5) is 13.2 Å². The molecule has 0 bridgehead atoms. The number of hydrogen-bond donors (Lipinski definition) is 1. The Morgan fingerprint density at radius 3 is 2.26 bits per heavy atom. The number of alkyl halides is 3. The number of amides is 1. The molecule has 0 heterocycles. The van der Waals surface area contributed by atoms with Crippen molar-refractivity contribution >= 4 is 17.1 Å². The van der Waals surface area contributed by atoms with Crippen LogP contribution in [0.25, 0.3) is 11.1 Å². The second-order valence-corrected chi connectivity index (χ2v) is 5.42. The lowest BCUT2D eigenvalue weighted by atomic mass is 9.94. The standard InChI is InChI=1S/C20H15F3N2O2/c1-27-15-9-5-8-14(10-15)16(17(12-24)19(25)26)11-18(20(21,22)23)13-6-3-2-4-7-13/h2-11H,1H3,(H2,25,26)/b17-16+,18-11+. The van der Waals surface area contributed by atoms with Crippen molar-refractivity contribution in [3.63, 3.8) is 0 Å². The Balaban J connectivity index is 2.82. The van der Waals surface area contributed by atoms with Gasteiger partial charge in [0.05, 0.1) is 12.7 Å². The topological polar surface area (TPSA) is 76.1 Å². The van der Waals surface area contributed by atoms with Gasteiger partial charge in [-0.15, -0.1) is 0 Å². The summed E-state index contributed by atoms with van der Waals surface area (Å²) in [6.07, 6.45) is -3.96. The Labute approximate surface area is 154 Å². The smallest absolute Gasteiger partial charge is 0.417 e. The SMILES string of the molecule is COc1cccc(C(/C=C(\c2ccccc2)C(F)(F)F)=C(\C#N)C(N)=O)c1. The van der Waals surface area contributed by atoms with Crippen LogP contribution in [0.1, 0.15) is 11.1 Å². The molecule has 0 atom stereocenters. The molecule has 0 spiro atoms. The number of benzene rings is 2. The number of primary amides is 1. The summed E-state index contributed by atoms with van der Waals surface area (Å²) in [7, 11) is 1.39. The normalized spacial score (nSPS) is 12.8. The maximum atomic E-state index is 13.7. The zero-order chi connectivity index (χ0) is 20.0. The molecule has 138 valence electrons. The summed E-state index contributed by atoms with van der Waals surface area (Å²) in [5, 5.41) is 9.29. The van der Waals surface area contributed by atoms with Gasteiger partial charge in [0.15, 0.2) is 0 Å². The molecular formula is C20H15F3N2O2. The van der Waals surface area contributed by atoms with Crippen LogP contribution in [-0.4, -0.2) is 19.2 Å². The van der Waals surface area contributed by atoms with Crippen LogP contribution in [0, 0.1) is 11.3 Å². The predicted octanol–water partition coefficient (Wildman–Crippen LogP) is 4.10. The molecule has 0 radical (unpaired) electrons. The summed E-state index contributed by atoms with van der Waals surface area (Å²) in [5.74, 6) is -0.769. The van der Waals surface area contributed by atoms with E-state index in [9.17, 15) is 23.2 Å². The van der Waals surface area contributed by atoms with Gasteiger partial charge in [-0.2, -0.15) is 18.4 Å². The third-order valence-electron chi connectivity index (χ3n) is 3.69. The lowest BCUT2D eigenvalue weighted by Crippen LogP contribution is -2.15. The van der Waals surface area contributed by atoms with Crippen molar-refractivity contribution in [3.8, 4) is 11.8 Å². The molecule has 0 aliphatic carbocycles. The number of carbonyl (C=O) groups excluding carboxylic acids is 1. The Hall–Kier alpha value is -3.53. The van der Waals surface area contributed by atoms with E-state index in [1.54, 1.807) is 18.2 Å². The van der Waals surface area contributed by atoms with Crippen LogP contribution >= 0.6 is 0 Å². The van der Waals surface area contributed by atoms with E-state index in [2.05, 4.69) is 0 Å². The van der Waals surface area contributed by atoms with E-state index < -0.39 is 23.2 Å². The zero-order valence-corrected chi connectivity index (χ0v) is 14.2. The first-order valence-corrected chi connectivity index (χ1v) is 7.71. The molecule has 0 saturated heterocycles. The Kier molecular flexibility index (Phi) is 6.03. The minimum absolute atomic E-state index is 0.104. The number of rotatable bonds is 5. The fourth-order valence-electron chi connectivity index (χ4n) is 2.43. The van der Waals surface area contributed by atoms with Crippen LogP contribution in [0.2, 0.25) is 0 Å². The first kappa shape index (κ1) is 19.8. The molecule has 2 aromatic carbocycles. The van der Waals surface area contributed by atoms with Crippen LogP contribution in [-0.2, 0) is 4.79 Å². The fraction of sp³-hybridized carbons (Fsp3) is 0.100. The second kappa shape index (κ2) is 8.23. The molecule has 2 N–H and O–H groups in total. The molecule has 7 heteroatoms. The Morgan fingerprint density at radius 2 is 1.74 bits per heavy atom. The highest BCUT2D eigenvalue weighted by Crippen LogP contribution is 2.37. The van der Waals surface area contributed by atoms with Crippen LogP contribution in [0.5, 0.6) is 5.75 Å². The number of hydrogen-bond acceptors (Lipinski definition) is 3. The molecule has 1 amide bonds. The minimum atomic E-state index is -4.72. The first-order valence-electron chi connectivity index (χ1n) is 7.71. The molecule has 0 aromatic heterocycles. The summed E-state index contributed by atoms with van der Waals surface area (Å²) in [5.41, 5.74) is 3.49. The number of carbonyl (C=O) groups is 1. The van der Waals surface area contributed by atoms with Gasteiger partial charge in [0.25, 0.3) is 5.91 Å². The van der Waals surface area contributed by atoms with Gasteiger partial charge < -0.3 is 10.5 Å². The number of nitrogens with zero attached hydrogens (tertiary/aromatic N) is 1. The summed E-state index contributed by atoms with van der Waals surface area (Å²) in [6, 6.07) is 14.7. The van der Waals surface area contributed by atoms with Gasteiger partial charge in [-0.25, -0.2) is 0 Å². The number of ether oxygens (including phenoxy) is 1. The number of halogens is 3. The van der Waals surface area contributed by atoms with Gasteiger partial charge in [-0.1, -0.05) is 42.5 Å². The maximum absolute atomic E-state index is 13.7. The first-order chi connectivity index (χ1) is 12.8. The van der Waals surface area contributed by atoms with E-state index in [-0.39, 0.29) is 16.7 Å². The van der Waals surface area contributed by atoms with Crippen LogP contribution in [0.15, 0.2) is 66.2 Å². The predicted molar refractivity (Wildman–Crippen MR) is 95.2 cm³/mol. The van der Waals surface area contributed by atoms with Gasteiger partial charge in [0, 0.05) is 5.57 Å². The van der Waals surface area contributed by atoms with Crippen LogP contribution < -0.4 is 10.5 Å². The molecule has 0 fully saturated rings. The van der Waals surface area contributed by atoms with Gasteiger partial charge >= 0.3 is 6.18 Å². The molecule has 0 saturated carbocycles. The van der Waals surface area contributed by atoms with Gasteiger partial charge in [0.2, 0.25) is 0 Å². The lowest BCUT2D eigenvalue weighted by Gasteiger charge is -2.14. The van der Waals surface area contributed by atoms with Gasteiger partial charge in [0.1, 0.15) is 17.4 Å². The van der Waals surface area contributed by atoms with E-state index in [0.717, 1.165) is 6.08 Å². The number of nitrogens with two attached hydrogens (primary N) is 1. The van der Waals surface area contributed by atoms with Gasteiger partial charge in [-0.05, 0) is 29.3 Å². The van der Waals surface area contributed by atoms with Crippen molar-refractivity contribution < 1.29 is 22.7 Å². The number of allylic oxidation sites excluding steroid dienone is 3. The van der Waals surface area contributed by atoms with Gasteiger partial charge in [-0.3, -0.25) is 4.79 Å². The van der Waals surface area contributed by atoms with E-state index in [4.69, 9.17) is 10.5 Å². The van der Waals surface area contributed by atoms with E-state index >= 15 is 0 Å². The fourth-order valence-corrected chi connectivity index (χ4v) is 2.43. The molecule has 2 aromatic rings. The lowest BCUT2D eigenvalue weighted by molar-refractivity contribution is -0.114. The molecule has 2 rings (SSSR count). The Morgan fingerprint density at radius 1 is 1.11 bits per heavy atom. The molecule has 27 heavy (non-hydrogen) atoms. The zero-order valence-electron chi connectivity index (χ0n) is 14.2. The second-order valence-electron chi connectivity index (χ2n) is 5.42. The highest BCUT2D eigenvalue weighted by molar-refractivity contribution is 6.07. The number of methoxy groups -OCH3 is 1. The molecular weight excluding hydrogens is 357 g/mol. The molecule has 0 unspecified atom stereocenters. The summed E-state index contributed by atoms with van der Waals surface area (Å²) in [4.78, 5) is 11.7. The van der Waals surface area contributed by atoms with Crippen molar-refractivity contribution in [2.75, 3.05) is 7.11 Å². The van der Waals surface area contributed by atoms with Crippen molar-refractivity contribution in [2.45, 2.75) is 6.18 Å².